The first-order valence-corrected chi connectivity index (χ1v) is 6.48. The zero-order chi connectivity index (χ0) is 12.8. The van der Waals surface area contributed by atoms with E-state index in [1.165, 1.54) is 16.3 Å². The average molecular weight is 255 g/mol. The molecule has 0 spiro atoms. The summed E-state index contributed by atoms with van der Waals surface area (Å²) in [5.41, 5.74) is 0. The van der Waals surface area contributed by atoms with E-state index in [-0.39, 0.29) is 6.10 Å². The number of para-hydroxylation sites is 2. The number of ether oxygens (including phenoxy) is 2. The van der Waals surface area contributed by atoms with Crippen molar-refractivity contribution in [2.45, 2.75) is 20.0 Å². The third kappa shape index (κ3) is 4.19. The first-order valence-electron chi connectivity index (χ1n) is 5.30. The normalized spacial score (nSPS) is 10.2. The molecule has 4 nitrogen and oxygen atoms in total. The van der Waals surface area contributed by atoms with Crippen LogP contribution >= 0.6 is 11.9 Å². The Morgan fingerprint density at radius 2 is 1.88 bits per heavy atom. The van der Waals surface area contributed by atoms with Crippen molar-refractivity contribution in [2.24, 2.45) is 0 Å². The van der Waals surface area contributed by atoms with Gasteiger partial charge in [0.2, 0.25) is 0 Å². The van der Waals surface area contributed by atoms with E-state index in [0.29, 0.717) is 11.5 Å². The second kappa shape index (κ2) is 6.39. The molecule has 0 atom stereocenters. The first-order chi connectivity index (χ1) is 8.04. The summed E-state index contributed by atoms with van der Waals surface area (Å²) < 4.78 is 12.2. The third-order valence-corrected chi connectivity index (χ3v) is 2.64. The predicted molar refractivity (Wildman–Crippen MR) is 69.5 cm³/mol. The van der Waals surface area contributed by atoms with Crippen molar-refractivity contribution in [2.75, 3.05) is 13.3 Å². The molecule has 0 saturated heterocycles. The highest BCUT2D eigenvalue weighted by molar-refractivity contribution is 7.96. The number of carbonyl (C=O) groups is 1. The minimum atomic E-state index is -0.419. The van der Waals surface area contributed by atoms with Crippen LogP contribution in [0.3, 0.4) is 0 Å². The van der Waals surface area contributed by atoms with E-state index < -0.39 is 6.09 Å². The molecule has 0 aromatic heterocycles. The molecule has 1 aromatic carbocycles. The molecule has 0 fully saturated rings. The van der Waals surface area contributed by atoms with Crippen LogP contribution in [-0.2, 0) is 0 Å². The average Bonchev–Trinajstić information content (AvgIpc) is 2.29. The van der Waals surface area contributed by atoms with Crippen molar-refractivity contribution in [1.82, 2.24) is 4.31 Å². The van der Waals surface area contributed by atoms with Crippen LogP contribution in [0.4, 0.5) is 4.79 Å². The van der Waals surface area contributed by atoms with Crippen LogP contribution in [0.15, 0.2) is 24.3 Å². The van der Waals surface area contributed by atoms with Gasteiger partial charge in [-0.05, 0) is 37.9 Å². The Labute approximate surface area is 106 Å². The summed E-state index contributed by atoms with van der Waals surface area (Å²) in [7, 11) is 1.65. The van der Waals surface area contributed by atoms with Crippen LogP contribution in [0.2, 0.25) is 0 Å². The van der Waals surface area contributed by atoms with E-state index in [1.54, 1.807) is 31.5 Å². The minimum absolute atomic E-state index is 0.0353. The number of benzene rings is 1. The van der Waals surface area contributed by atoms with Crippen molar-refractivity contribution >= 4 is 18.0 Å². The van der Waals surface area contributed by atoms with E-state index in [9.17, 15) is 4.79 Å². The highest BCUT2D eigenvalue weighted by atomic mass is 32.2. The first kappa shape index (κ1) is 13.7. The van der Waals surface area contributed by atoms with Crippen LogP contribution in [0, 0.1) is 0 Å². The SMILES string of the molecule is CSN(C)C(=O)Oc1ccccc1OC(C)C. The van der Waals surface area contributed by atoms with Gasteiger partial charge in [0.1, 0.15) is 0 Å². The van der Waals surface area contributed by atoms with Crippen molar-refractivity contribution in [3.63, 3.8) is 0 Å². The topological polar surface area (TPSA) is 38.8 Å². The summed E-state index contributed by atoms with van der Waals surface area (Å²) in [5.74, 6) is 1.01. The molecule has 0 saturated carbocycles. The van der Waals surface area contributed by atoms with Crippen molar-refractivity contribution < 1.29 is 14.3 Å². The summed E-state index contributed by atoms with van der Waals surface area (Å²) in [6, 6.07) is 7.13. The van der Waals surface area contributed by atoms with E-state index in [1.807, 2.05) is 19.9 Å². The smallest absolute Gasteiger partial charge is 0.425 e. The summed E-state index contributed by atoms with van der Waals surface area (Å²) in [6.45, 7) is 3.85. The van der Waals surface area contributed by atoms with E-state index in [0.717, 1.165) is 0 Å². The lowest BCUT2D eigenvalue weighted by molar-refractivity contribution is 0.180. The Morgan fingerprint density at radius 1 is 1.29 bits per heavy atom. The molecule has 0 aliphatic carbocycles. The molecule has 0 aliphatic heterocycles. The van der Waals surface area contributed by atoms with Crippen LogP contribution in [0.5, 0.6) is 11.5 Å². The van der Waals surface area contributed by atoms with Gasteiger partial charge in [-0.15, -0.1) is 0 Å². The third-order valence-electron chi connectivity index (χ3n) is 1.94. The zero-order valence-corrected chi connectivity index (χ0v) is 11.3. The molecular weight excluding hydrogens is 238 g/mol. The number of nitrogens with zero attached hydrogens (tertiary/aromatic N) is 1. The summed E-state index contributed by atoms with van der Waals surface area (Å²) in [6.07, 6.45) is 1.42. The molecule has 0 heterocycles. The van der Waals surface area contributed by atoms with Gasteiger partial charge in [0, 0.05) is 13.3 Å². The minimum Gasteiger partial charge on any atom is -0.487 e. The molecule has 0 unspecified atom stereocenters. The van der Waals surface area contributed by atoms with Crippen molar-refractivity contribution in [3.8, 4) is 11.5 Å². The quantitative estimate of drug-likeness (QED) is 0.775. The van der Waals surface area contributed by atoms with E-state index >= 15 is 0 Å². The molecule has 0 radical (unpaired) electrons. The Balaban J connectivity index is 2.79. The molecule has 1 rings (SSSR count). The van der Waals surface area contributed by atoms with Gasteiger partial charge in [0.05, 0.1) is 6.10 Å². The monoisotopic (exact) mass is 255 g/mol. The van der Waals surface area contributed by atoms with E-state index in [4.69, 9.17) is 9.47 Å². The fourth-order valence-corrected chi connectivity index (χ4v) is 1.30. The van der Waals surface area contributed by atoms with Gasteiger partial charge in [-0.25, -0.2) is 4.79 Å². The molecule has 0 bridgehead atoms. The van der Waals surface area contributed by atoms with Gasteiger partial charge in [-0.3, -0.25) is 4.31 Å². The Kier molecular flexibility index (Phi) is 5.15. The number of hydrogen-bond acceptors (Lipinski definition) is 4. The molecule has 94 valence electrons. The van der Waals surface area contributed by atoms with Crippen LogP contribution < -0.4 is 9.47 Å². The molecule has 0 aliphatic rings. The molecular formula is C12H17NO3S. The van der Waals surface area contributed by atoms with Crippen LogP contribution in [-0.4, -0.2) is 29.8 Å². The fraction of sp³-hybridized carbons (Fsp3) is 0.417. The van der Waals surface area contributed by atoms with Crippen molar-refractivity contribution in [3.05, 3.63) is 24.3 Å². The second-order valence-corrected chi connectivity index (χ2v) is 4.57. The maximum atomic E-state index is 11.6. The highest BCUT2D eigenvalue weighted by Crippen LogP contribution is 2.28. The Hall–Kier alpha value is -1.36. The maximum absolute atomic E-state index is 11.6. The van der Waals surface area contributed by atoms with Gasteiger partial charge in [-0.2, -0.15) is 0 Å². The van der Waals surface area contributed by atoms with Crippen molar-refractivity contribution in [1.29, 1.82) is 0 Å². The summed E-state index contributed by atoms with van der Waals surface area (Å²) >= 11 is 1.29. The molecule has 1 aromatic rings. The summed E-state index contributed by atoms with van der Waals surface area (Å²) in [5, 5.41) is 0. The molecule has 17 heavy (non-hydrogen) atoms. The van der Waals surface area contributed by atoms with Gasteiger partial charge in [0.15, 0.2) is 11.5 Å². The molecule has 0 N–H and O–H groups in total. The number of carbonyl (C=O) groups excluding carboxylic acids is 1. The number of rotatable bonds is 4. The second-order valence-electron chi connectivity index (χ2n) is 3.66. The fourth-order valence-electron chi connectivity index (χ4n) is 1.12. The lowest BCUT2D eigenvalue weighted by Gasteiger charge is -2.16. The maximum Gasteiger partial charge on any atom is 0.425 e. The Morgan fingerprint density at radius 3 is 2.41 bits per heavy atom. The largest absolute Gasteiger partial charge is 0.487 e. The zero-order valence-electron chi connectivity index (χ0n) is 10.5. The van der Waals surface area contributed by atoms with Crippen LogP contribution in [0.1, 0.15) is 13.8 Å². The lowest BCUT2D eigenvalue weighted by atomic mass is 10.3. The van der Waals surface area contributed by atoms with Crippen LogP contribution in [0.25, 0.3) is 0 Å². The highest BCUT2D eigenvalue weighted by Gasteiger charge is 2.14. The summed E-state index contributed by atoms with van der Waals surface area (Å²) in [4.78, 5) is 11.6. The molecule has 5 heteroatoms. The van der Waals surface area contributed by atoms with Gasteiger partial charge >= 0.3 is 6.09 Å². The Bertz CT molecular complexity index is 382. The number of amides is 1. The van der Waals surface area contributed by atoms with Gasteiger partial charge in [-0.1, -0.05) is 12.1 Å². The van der Waals surface area contributed by atoms with E-state index in [2.05, 4.69) is 0 Å². The predicted octanol–water partition coefficient (Wildman–Crippen LogP) is 3.18. The van der Waals surface area contributed by atoms with Gasteiger partial charge < -0.3 is 9.47 Å². The molecule has 1 amide bonds. The van der Waals surface area contributed by atoms with Gasteiger partial charge in [0.25, 0.3) is 0 Å². The standard InChI is InChI=1S/C12H17NO3S/c1-9(2)15-10-7-5-6-8-11(10)16-12(14)13(3)17-4/h5-9H,1-4H3. The lowest BCUT2D eigenvalue weighted by Crippen LogP contribution is -2.23. The number of hydrogen-bond donors (Lipinski definition) is 0.